The maximum Gasteiger partial charge on any atom is 0.335 e. The molecule has 1 aliphatic rings. The smallest absolute Gasteiger partial charge is 0.335 e. The van der Waals surface area contributed by atoms with Gasteiger partial charge in [-0.3, -0.25) is 0 Å². The summed E-state index contributed by atoms with van der Waals surface area (Å²) in [7, 11) is 1.40. The zero-order valence-electron chi connectivity index (χ0n) is 12.7. The van der Waals surface area contributed by atoms with Crippen molar-refractivity contribution in [1.29, 1.82) is 0 Å². The molecule has 1 unspecified atom stereocenters. The van der Waals surface area contributed by atoms with E-state index in [4.69, 9.17) is 9.47 Å². The molecule has 0 saturated carbocycles. The van der Waals surface area contributed by atoms with Gasteiger partial charge < -0.3 is 14.6 Å². The van der Waals surface area contributed by atoms with E-state index in [1.807, 2.05) is 6.92 Å². The standard InChI is InChI=1S/C18H15FO4/c1-10-8-13(12-4-3-5-16(22-2)17(12)19)14-9-11(18(20)21)6-7-15(14)23-10/h3-10H,1-2H3,(H,20,21). The number of fused-ring (bicyclic) bond motifs is 1. The van der Waals surface area contributed by atoms with Crippen LogP contribution in [0.3, 0.4) is 0 Å². The lowest BCUT2D eigenvalue weighted by molar-refractivity contribution is 0.0697. The van der Waals surface area contributed by atoms with E-state index in [1.54, 1.807) is 24.3 Å². The van der Waals surface area contributed by atoms with Crippen molar-refractivity contribution >= 4 is 11.5 Å². The molecule has 1 N–H and O–H groups in total. The van der Waals surface area contributed by atoms with Gasteiger partial charge in [-0.25, -0.2) is 9.18 Å². The maximum absolute atomic E-state index is 14.6. The average Bonchev–Trinajstić information content (AvgIpc) is 2.54. The van der Waals surface area contributed by atoms with E-state index in [0.29, 0.717) is 22.4 Å². The van der Waals surface area contributed by atoms with Gasteiger partial charge in [0.2, 0.25) is 0 Å². The highest BCUT2D eigenvalue weighted by molar-refractivity contribution is 5.92. The van der Waals surface area contributed by atoms with Gasteiger partial charge in [-0.1, -0.05) is 12.1 Å². The minimum absolute atomic E-state index is 0.121. The van der Waals surface area contributed by atoms with E-state index in [0.717, 1.165) is 0 Å². The van der Waals surface area contributed by atoms with Crippen molar-refractivity contribution in [3.63, 3.8) is 0 Å². The van der Waals surface area contributed by atoms with Gasteiger partial charge in [0.1, 0.15) is 11.9 Å². The molecular weight excluding hydrogens is 299 g/mol. The molecule has 118 valence electrons. The number of ether oxygens (including phenoxy) is 2. The number of hydrogen-bond donors (Lipinski definition) is 1. The SMILES string of the molecule is COc1cccc(C2=CC(C)Oc3ccc(C(=O)O)cc32)c1F. The molecule has 1 heterocycles. The van der Waals surface area contributed by atoms with Gasteiger partial charge in [0.05, 0.1) is 12.7 Å². The first kappa shape index (κ1) is 15.1. The van der Waals surface area contributed by atoms with Crippen LogP contribution in [0.1, 0.15) is 28.4 Å². The van der Waals surface area contributed by atoms with Gasteiger partial charge in [-0.05, 0) is 42.8 Å². The molecule has 0 bridgehead atoms. The predicted octanol–water partition coefficient (Wildman–Crippen LogP) is 3.75. The van der Waals surface area contributed by atoms with Crippen LogP contribution < -0.4 is 9.47 Å². The molecule has 23 heavy (non-hydrogen) atoms. The summed E-state index contributed by atoms with van der Waals surface area (Å²) in [5.41, 5.74) is 1.62. The number of carboxylic acids is 1. The van der Waals surface area contributed by atoms with Crippen LogP contribution in [0.2, 0.25) is 0 Å². The summed E-state index contributed by atoms with van der Waals surface area (Å²) in [5, 5.41) is 9.18. The molecule has 3 rings (SSSR count). The molecule has 0 aromatic heterocycles. The first-order valence-electron chi connectivity index (χ1n) is 7.10. The summed E-state index contributed by atoms with van der Waals surface area (Å²) in [4.78, 5) is 11.2. The molecule has 4 nitrogen and oxygen atoms in total. The fraction of sp³-hybridized carbons (Fsp3) is 0.167. The Balaban J connectivity index is 2.20. The van der Waals surface area contributed by atoms with Crippen molar-refractivity contribution < 1.29 is 23.8 Å². The fourth-order valence-corrected chi connectivity index (χ4v) is 2.65. The third-order valence-corrected chi connectivity index (χ3v) is 3.70. The van der Waals surface area contributed by atoms with Crippen molar-refractivity contribution in [3.05, 3.63) is 65.0 Å². The van der Waals surface area contributed by atoms with Gasteiger partial charge in [0, 0.05) is 11.1 Å². The largest absolute Gasteiger partial charge is 0.494 e. The van der Waals surface area contributed by atoms with E-state index in [2.05, 4.69) is 0 Å². The Morgan fingerprint density at radius 3 is 2.74 bits per heavy atom. The Morgan fingerprint density at radius 2 is 2.04 bits per heavy atom. The van der Waals surface area contributed by atoms with Crippen LogP contribution in [0.5, 0.6) is 11.5 Å². The lowest BCUT2D eigenvalue weighted by Gasteiger charge is -2.24. The third-order valence-electron chi connectivity index (χ3n) is 3.70. The summed E-state index contributed by atoms with van der Waals surface area (Å²) < 4.78 is 25.3. The highest BCUT2D eigenvalue weighted by Gasteiger charge is 2.23. The van der Waals surface area contributed by atoms with Crippen molar-refractivity contribution in [3.8, 4) is 11.5 Å². The summed E-state index contributed by atoms with van der Waals surface area (Å²) >= 11 is 0. The molecule has 0 fully saturated rings. The molecule has 0 spiro atoms. The molecule has 1 atom stereocenters. The Labute approximate surface area is 132 Å². The number of methoxy groups -OCH3 is 1. The highest BCUT2D eigenvalue weighted by Crippen LogP contribution is 2.39. The van der Waals surface area contributed by atoms with Crippen molar-refractivity contribution in [1.82, 2.24) is 0 Å². The number of halogens is 1. The first-order chi connectivity index (χ1) is 11.0. The Hall–Kier alpha value is -2.82. The monoisotopic (exact) mass is 314 g/mol. The lowest BCUT2D eigenvalue weighted by atomic mass is 9.92. The quantitative estimate of drug-likeness (QED) is 0.937. The molecule has 5 heteroatoms. The second kappa shape index (κ2) is 5.76. The topological polar surface area (TPSA) is 55.8 Å². The Bertz CT molecular complexity index is 811. The molecule has 2 aromatic carbocycles. The molecule has 0 aliphatic carbocycles. The van der Waals surface area contributed by atoms with E-state index in [-0.39, 0.29) is 17.4 Å². The van der Waals surface area contributed by atoms with E-state index in [1.165, 1.54) is 25.3 Å². The Kier molecular flexibility index (Phi) is 3.78. The van der Waals surface area contributed by atoms with Gasteiger partial charge in [0.25, 0.3) is 0 Å². The number of carbonyl (C=O) groups is 1. The Morgan fingerprint density at radius 1 is 1.26 bits per heavy atom. The molecule has 2 aromatic rings. The predicted molar refractivity (Wildman–Crippen MR) is 83.5 cm³/mol. The fourth-order valence-electron chi connectivity index (χ4n) is 2.65. The summed E-state index contributed by atoms with van der Waals surface area (Å²) in [6.45, 7) is 1.84. The molecule has 0 amide bonds. The number of benzene rings is 2. The molecular formula is C18H15FO4. The zero-order valence-corrected chi connectivity index (χ0v) is 12.7. The minimum atomic E-state index is -1.04. The van der Waals surface area contributed by atoms with Crippen LogP contribution in [0.15, 0.2) is 42.5 Å². The summed E-state index contributed by atoms with van der Waals surface area (Å²) in [5.74, 6) is -0.861. The van der Waals surface area contributed by atoms with E-state index >= 15 is 0 Å². The van der Waals surface area contributed by atoms with Crippen LogP contribution in [0.25, 0.3) is 5.57 Å². The van der Waals surface area contributed by atoms with Crippen LogP contribution in [0, 0.1) is 5.82 Å². The number of aromatic carboxylic acids is 1. The summed E-state index contributed by atoms with van der Waals surface area (Å²) in [6.07, 6.45) is 1.52. The van der Waals surface area contributed by atoms with Gasteiger partial charge >= 0.3 is 5.97 Å². The highest BCUT2D eigenvalue weighted by atomic mass is 19.1. The minimum Gasteiger partial charge on any atom is -0.494 e. The summed E-state index contributed by atoms with van der Waals surface area (Å²) in [6, 6.07) is 9.43. The number of carboxylic acid groups (broad SMARTS) is 1. The molecule has 0 saturated heterocycles. The second-order valence-corrected chi connectivity index (χ2v) is 5.24. The van der Waals surface area contributed by atoms with Crippen molar-refractivity contribution in [2.45, 2.75) is 13.0 Å². The third kappa shape index (κ3) is 2.65. The van der Waals surface area contributed by atoms with Crippen LogP contribution in [-0.2, 0) is 0 Å². The van der Waals surface area contributed by atoms with Crippen LogP contribution >= 0.6 is 0 Å². The number of rotatable bonds is 3. The normalized spacial score (nSPS) is 16.1. The molecule has 0 radical (unpaired) electrons. The van der Waals surface area contributed by atoms with E-state index < -0.39 is 11.8 Å². The van der Waals surface area contributed by atoms with Gasteiger partial charge in [-0.2, -0.15) is 0 Å². The van der Waals surface area contributed by atoms with Crippen molar-refractivity contribution in [2.24, 2.45) is 0 Å². The lowest BCUT2D eigenvalue weighted by Crippen LogP contribution is -2.16. The van der Waals surface area contributed by atoms with Gasteiger partial charge in [0.15, 0.2) is 11.6 Å². The van der Waals surface area contributed by atoms with Crippen molar-refractivity contribution in [2.75, 3.05) is 7.11 Å². The maximum atomic E-state index is 14.6. The first-order valence-corrected chi connectivity index (χ1v) is 7.10. The van der Waals surface area contributed by atoms with Gasteiger partial charge in [-0.15, -0.1) is 0 Å². The number of hydrogen-bond acceptors (Lipinski definition) is 3. The van der Waals surface area contributed by atoms with Crippen LogP contribution in [-0.4, -0.2) is 24.3 Å². The van der Waals surface area contributed by atoms with E-state index in [9.17, 15) is 14.3 Å². The molecule has 1 aliphatic heterocycles. The average molecular weight is 314 g/mol. The second-order valence-electron chi connectivity index (χ2n) is 5.24. The van der Waals surface area contributed by atoms with Crippen LogP contribution in [0.4, 0.5) is 4.39 Å². The zero-order chi connectivity index (χ0) is 16.6.